The SMILES string of the molecule is CC.CNc1ccc2ccccc2c1N.Nc1ccc(N)cc1.Nc1ccccc1. The van der Waals surface area contributed by atoms with Gasteiger partial charge >= 0.3 is 0 Å². The number of rotatable bonds is 1. The van der Waals surface area contributed by atoms with Gasteiger partial charge in [-0.2, -0.15) is 0 Å². The van der Waals surface area contributed by atoms with Gasteiger partial charge in [0.15, 0.2) is 0 Å². The van der Waals surface area contributed by atoms with Crippen molar-refractivity contribution in [2.45, 2.75) is 13.8 Å². The smallest absolute Gasteiger partial charge is 0.0629 e. The Kier molecular flexibility index (Phi) is 10.8. The van der Waals surface area contributed by atoms with Crippen LogP contribution in [0.4, 0.5) is 28.4 Å². The third-order valence-corrected chi connectivity index (χ3v) is 3.98. The Bertz CT molecular complexity index is 962. The van der Waals surface area contributed by atoms with Crippen molar-refractivity contribution in [2.24, 2.45) is 0 Å². The Morgan fingerprint density at radius 3 is 1.47 bits per heavy atom. The van der Waals surface area contributed by atoms with E-state index in [2.05, 4.69) is 17.4 Å². The quantitative estimate of drug-likeness (QED) is 0.265. The predicted molar refractivity (Wildman–Crippen MR) is 135 cm³/mol. The summed E-state index contributed by atoms with van der Waals surface area (Å²) in [5.41, 5.74) is 26.2. The van der Waals surface area contributed by atoms with Crippen molar-refractivity contribution < 1.29 is 0 Å². The first-order valence-corrected chi connectivity index (χ1v) is 9.87. The first-order valence-electron chi connectivity index (χ1n) is 9.87. The molecule has 5 heteroatoms. The molecular weight excluding hydrogens is 370 g/mol. The van der Waals surface area contributed by atoms with Crippen LogP contribution in [0.15, 0.2) is 91.0 Å². The molecule has 0 amide bonds. The van der Waals surface area contributed by atoms with E-state index in [4.69, 9.17) is 22.9 Å². The van der Waals surface area contributed by atoms with E-state index in [1.54, 1.807) is 24.3 Å². The number of nitrogens with one attached hydrogen (secondary N) is 1. The van der Waals surface area contributed by atoms with Crippen LogP contribution in [0.1, 0.15) is 13.8 Å². The van der Waals surface area contributed by atoms with Gasteiger partial charge in [-0.3, -0.25) is 0 Å². The maximum Gasteiger partial charge on any atom is 0.0629 e. The molecule has 0 spiro atoms. The molecular formula is C25H33N5. The van der Waals surface area contributed by atoms with Gasteiger partial charge in [-0.05, 0) is 47.9 Å². The molecule has 0 aromatic heterocycles. The standard InChI is InChI=1S/C11H12N2.C6H8N2.C6H7N.C2H6/c1-13-10-7-6-8-4-2-3-5-9(8)11(10)12;7-5-1-2-6(8)4-3-5;7-6-4-2-1-3-5-6;1-2/h2-7,13H,12H2,1H3;1-4H,7-8H2;1-5H,7H2;1-2H3. The first kappa shape index (κ1) is 24.2. The Balaban J connectivity index is 0.000000229. The number of fused-ring (bicyclic) bond motifs is 1. The van der Waals surface area contributed by atoms with Crippen LogP contribution < -0.4 is 28.3 Å². The number of para-hydroxylation sites is 1. The number of benzene rings is 4. The highest BCUT2D eigenvalue weighted by Gasteiger charge is 2.00. The summed E-state index contributed by atoms with van der Waals surface area (Å²) in [4.78, 5) is 0. The molecule has 30 heavy (non-hydrogen) atoms. The average molecular weight is 404 g/mol. The Hall–Kier alpha value is -3.86. The predicted octanol–water partition coefficient (Wildman–Crippen LogP) is 5.61. The van der Waals surface area contributed by atoms with E-state index >= 15 is 0 Å². The Labute approximate surface area is 179 Å². The molecule has 0 atom stereocenters. The lowest BCUT2D eigenvalue weighted by Crippen LogP contribution is -1.95. The lowest BCUT2D eigenvalue weighted by atomic mass is 10.1. The monoisotopic (exact) mass is 403 g/mol. The molecule has 9 N–H and O–H groups in total. The highest BCUT2D eigenvalue weighted by molar-refractivity contribution is 5.98. The lowest BCUT2D eigenvalue weighted by Gasteiger charge is -2.07. The van der Waals surface area contributed by atoms with E-state index in [0.717, 1.165) is 33.8 Å². The second-order valence-corrected chi connectivity index (χ2v) is 6.08. The average Bonchev–Trinajstić information content (AvgIpc) is 2.79. The second-order valence-electron chi connectivity index (χ2n) is 6.08. The van der Waals surface area contributed by atoms with E-state index < -0.39 is 0 Å². The van der Waals surface area contributed by atoms with Crippen LogP contribution in [-0.2, 0) is 0 Å². The van der Waals surface area contributed by atoms with Crippen molar-refractivity contribution in [3.63, 3.8) is 0 Å². The molecule has 0 radical (unpaired) electrons. The van der Waals surface area contributed by atoms with Gasteiger partial charge in [0.1, 0.15) is 0 Å². The van der Waals surface area contributed by atoms with Crippen molar-refractivity contribution >= 4 is 39.2 Å². The van der Waals surface area contributed by atoms with Crippen LogP contribution >= 0.6 is 0 Å². The molecule has 0 aliphatic heterocycles. The summed E-state index contributed by atoms with van der Waals surface area (Å²) in [7, 11) is 1.88. The van der Waals surface area contributed by atoms with Gasteiger partial charge in [0.05, 0.1) is 11.4 Å². The molecule has 0 bridgehead atoms. The van der Waals surface area contributed by atoms with Crippen LogP contribution in [0.2, 0.25) is 0 Å². The summed E-state index contributed by atoms with van der Waals surface area (Å²) >= 11 is 0. The molecule has 0 fully saturated rings. The molecule has 0 saturated carbocycles. The third kappa shape index (κ3) is 8.02. The van der Waals surface area contributed by atoms with Crippen molar-refractivity contribution in [1.82, 2.24) is 0 Å². The fourth-order valence-corrected chi connectivity index (χ4v) is 2.46. The highest BCUT2D eigenvalue weighted by Crippen LogP contribution is 2.27. The van der Waals surface area contributed by atoms with Crippen LogP contribution in [0.25, 0.3) is 10.8 Å². The largest absolute Gasteiger partial charge is 0.399 e. The number of nitrogens with two attached hydrogens (primary N) is 4. The van der Waals surface area contributed by atoms with Gasteiger partial charge in [0, 0.05) is 29.5 Å². The third-order valence-electron chi connectivity index (χ3n) is 3.98. The van der Waals surface area contributed by atoms with Crippen molar-refractivity contribution in [3.05, 3.63) is 91.0 Å². The molecule has 0 unspecified atom stereocenters. The Morgan fingerprint density at radius 2 is 1.00 bits per heavy atom. The van der Waals surface area contributed by atoms with E-state index in [-0.39, 0.29) is 0 Å². The van der Waals surface area contributed by atoms with E-state index in [1.807, 2.05) is 75.5 Å². The molecule has 5 nitrogen and oxygen atoms in total. The Morgan fingerprint density at radius 1 is 0.533 bits per heavy atom. The maximum absolute atomic E-state index is 5.97. The zero-order valence-electron chi connectivity index (χ0n) is 18.0. The van der Waals surface area contributed by atoms with Crippen molar-refractivity contribution in [2.75, 3.05) is 35.3 Å². The highest BCUT2D eigenvalue weighted by atomic mass is 14.8. The number of anilines is 5. The topological polar surface area (TPSA) is 116 Å². The normalized spacial score (nSPS) is 9.03. The summed E-state index contributed by atoms with van der Waals surface area (Å²) in [6.45, 7) is 4.00. The second kappa shape index (κ2) is 13.3. The minimum atomic E-state index is 0.749. The number of hydrogen-bond donors (Lipinski definition) is 5. The number of nitrogen functional groups attached to an aromatic ring is 4. The van der Waals surface area contributed by atoms with Crippen molar-refractivity contribution in [3.8, 4) is 0 Å². The molecule has 4 rings (SSSR count). The summed E-state index contributed by atoms with van der Waals surface area (Å²) in [5, 5.41) is 5.35. The number of hydrogen-bond acceptors (Lipinski definition) is 5. The van der Waals surface area contributed by atoms with E-state index in [0.29, 0.717) is 0 Å². The zero-order valence-corrected chi connectivity index (χ0v) is 18.0. The van der Waals surface area contributed by atoms with Crippen LogP contribution in [-0.4, -0.2) is 7.05 Å². The lowest BCUT2D eigenvalue weighted by molar-refractivity contribution is 1.50. The van der Waals surface area contributed by atoms with Gasteiger partial charge in [0.2, 0.25) is 0 Å². The van der Waals surface area contributed by atoms with Gasteiger partial charge in [-0.1, -0.05) is 62.4 Å². The minimum Gasteiger partial charge on any atom is -0.399 e. The van der Waals surface area contributed by atoms with Crippen LogP contribution in [0.3, 0.4) is 0 Å². The molecule has 0 aliphatic rings. The van der Waals surface area contributed by atoms with Gasteiger partial charge in [-0.25, -0.2) is 0 Å². The van der Waals surface area contributed by atoms with Gasteiger partial charge < -0.3 is 28.3 Å². The fraction of sp³-hybridized carbons (Fsp3) is 0.120. The maximum atomic E-state index is 5.97. The van der Waals surface area contributed by atoms with Crippen LogP contribution in [0.5, 0.6) is 0 Å². The molecule has 0 saturated heterocycles. The molecule has 4 aromatic rings. The minimum absolute atomic E-state index is 0.749. The molecule has 158 valence electrons. The summed E-state index contributed by atoms with van der Waals surface area (Å²) in [5.74, 6) is 0. The fourth-order valence-electron chi connectivity index (χ4n) is 2.46. The first-order chi connectivity index (χ1) is 14.5. The van der Waals surface area contributed by atoms with E-state index in [9.17, 15) is 0 Å². The molecule has 0 aliphatic carbocycles. The molecule has 4 aromatic carbocycles. The van der Waals surface area contributed by atoms with Gasteiger partial charge in [-0.15, -0.1) is 0 Å². The zero-order chi connectivity index (χ0) is 22.4. The summed E-state index contributed by atoms with van der Waals surface area (Å²) < 4.78 is 0. The van der Waals surface area contributed by atoms with E-state index in [1.165, 1.54) is 5.39 Å². The van der Waals surface area contributed by atoms with Crippen LogP contribution in [0, 0.1) is 0 Å². The summed E-state index contributed by atoms with van der Waals surface area (Å²) in [6.07, 6.45) is 0. The molecule has 0 heterocycles. The van der Waals surface area contributed by atoms with Crippen molar-refractivity contribution in [1.29, 1.82) is 0 Å². The van der Waals surface area contributed by atoms with Gasteiger partial charge in [0.25, 0.3) is 0 Å². The summed E-state index contributed by atoms with van der Waals surface area (Å²) in [6, 6.07) is 28.8.